The lowest BCUT2D eigenvalue weighted by Gasteiger charge is -2.25. The standard InChI is InChI=1S/C20H22N2O5S2/c1-13-11-21-18(28-13)15-4-5-16-14(10-15)6-8-22(19(16)25)9-7-20(2,17(24)12-23)29(3,26)27/h4-6,8,10-11,23H,7,9,12H2,1-3H3/t20-/m1/s1. The monoisotopic (exact) mass is 434 g/mol. The Labute approximate surface area is 172 Å². The fourth-order valence-corrected chi connectivity index (χ4v) is 4.82. The number of benzene rings is 1. The van der Waals surface area contributed by atoms with E-state index >= 15 is 0 Å². The molecule has 7 nitrogen and oxygen atoms in total. The highest BCUT2D eigenvalue weighted by molar-refractivity contribution is 7.92. The number of Topliss-reactive ketones (excluding diaryl/α,β-unsaturated/α-hetero) is 1. The van der Waals surface area contributed by atoms with Gasteiger partial charge in [-0.1, -0.05) is 6.07 Å². The SMILES string of the molecule is Cc1cnc(-c2ccc3c(=O)n(CC[C@](C)(C(=O)CO)S(C)(=O)=O)ccc3c2)s1. The van der Waals surface area contributed by atoms with Gasteiger partial charge in [0.05, 0.1) is 0 Å². The third-order valence-corrected chi connectivity index (χ3v) is 8.26. The summed E-state index contributed by atoms with van der Waals surface area (Å²) in [6.45, 7) is 2.44. The number of aliphatic hydroxyl groups excluding tert-OH is 1. The van der Waals surface area contributed by atoms with Gasteiger partial charge in [-0.25, -0.2) is 13.4 Å². The van der Waals surface area contributed by atoms with Crippen LogP contribution in [0.2, 0.25) is 0 Å². The Morgan fingerprint density at radius 3 is 2.62 bits per heavy atom. The van der Waals surface area contributed by atoms with Crippen LogP contribution in [-0.4, -0.2) is 46.5 Å². The molecule has 1 N–H and O–H groups in total. The molecule has 0 fully saturated rings. The van der Waals surface area contributed by atoms with Gasteiger partial charge in [-0.2, -0.15) is 0 Å². The van der Waals surface area contributed by atoms with Gasteiger partial charge < -0.3 is 9.67 Å². The highest BCUT2D eigenvalue weighted by Crippen LogP contribution is 2.27. The van der Waals surface area contributed by atoms with E-state index in [9.17, 15) is 18.0 Å². The molecule has 0 aliphatic rings. The van der Waals surface area contributed by atoms with E-state index < -0.39 is 27.0 Å². The summed E-state index contributed by atoms with van der Waals surface area (Å²) in [6, 6.07) is 7.25. The van der Waals surface area contributed by atoms with Crippen LogP contribution < -0.4 is 5.56 Å². The highest BCUT2D eigenvalue weighted by atomic mass is 32.2. The maximum Gasteiger partial charge on any atom is 0.258 e. The van der Waals surface area contributed by atoms with Crippen LogP contribution in [0.1, 0.15) is 18.2 Å². The average Bonchev–Trinajstić information content (AvgIpc) is 3.11. The molecule has 3 aromatic rings. The number of sulfone groups is 1. The summed E-state index contributed by atoms with van der Waals surface area (Å²) in [6.07, 6.45) is 4.25. The van der Waals surface area contributed by atoms with E-state index in [0.29, 0.717) is 5.39 Å². The minimum absolute atomic E-state index is 0.0392. The van der Waals surface area contributed by atoms with E-state index in [2.05, 4.69) is 4.98 Å². The molecular weight excluding hydrogens is 412 g/mol. The lowest BCUT2D eigenvalue weighted by Crippen LogP contribution is -2.46. The number of ketones is 1. The third kappa shape index (κ3) is 4.03. The largest absolute Gasteiger partial charge is 0.389 e. The zero-order valence-corrected chi connectivity index (χ0v) is 18.0. The summed E-state index contributed by atoms with van der Waals surface area (Å²) < 4.78 is 23.9. The highest BCUT2D eigenvalue weighted by Gasteiger charge is 2.42. The quantitative estimate of drug-likeness (QED) is 0.611. The first-order valence-corrected chi connectivity index (χ1v) is 11.7. The molecular formula is C20H22N2O5S2. The number of thiazole rings is 1. The van der Waals surface area contributed by atoms with Crippen LogP contribution >= 0.6 is 11.3 Å². The van der Waals surface area contributed by atoms with Gasteiger partial charge >= 0.3 is 0 Å². The Bertz CT molecular complexity index is 1240. The van der Waals surface area contributed by atoms with Crippen molar-refractivity contribution in [2.45, 2.75) is 31.6 Å². The lowest BCUT2D eigenvalue weighted by molar-refractivity contribution is -0.124. The molecule has 0 saturated heterocycles. The van der Waals surface area contributed by atoms with Crippen molar-refractivity contribution in [3.63, 3.8) is 0 Å². The van der Waals surface area contributed by atoms with E-state index in [-0.39, 0.29) is 18.5 Å². The Morgan fingerprint density at radius 1 is 1.31 bits per heavy atom. The van der Waals surface area contributed by atoms with E-state index in [1.54, 1.807) is 35.9 Å². The second-order valence-electron chi connectivity index (χ2n) is 7.23. The number of aliphatic hydroxyl groups is 1. The van der Waals surface area contributed by atoms with Crippen molar-refractivity contribution in [2.24, 2.45) is 0 Å². The number of hydrogen-bond acceptors (Lipinski definition) is 7. The second-order valence-corrected chi connectivity index (χ2v) is 10.9. The smallest absolute Gasteiger partial charge is 0.258 e. The van der Waals surface area contributed by atoms with Crippen LogP contribution in [-0.2, 0) is 21.2 Å². The summed E-state index contributed by atoms with van der Waals surface area (Å²) in [4.78, 5) is 30.4. The molecule has 0 aliphatic heterocycles. The molecule has 0 spiro atoms. The molecule has 9 heteroatoms. The minimum Gasteiger partial charge on any atom is -0.389 e. The first-order valence-electron chi connectivity index (χ1n) is 8.96. The van der Waals surface area contributed by atoms with Gasteiger partial charge in [-0.15, -0.1) is 11.3 Å². The molecule has 1 aromatic carbocycles. The molecule has 2 heterocycles. The maximum absolute atomic E-state index is 12.9. The maximum atomic E-state index is 12.9. The van der Waals surface area contributed by atoms with Crippen LogP contribution in [0.5, 0.6) is 0 Å². The number of rotatable bonds is 7. The van der Waals surface area contributed by atoms with E-state index in [4.69, 9.17) is 5.11 Å². The fourth-order valence-electron chi connectivity index (χ4n) is 3.12. The van der Waals surface area contributed by atoms with Crippen molar-refractivity contribution in [2.75, 3.05) is 12.9 Å². The van der Waals surface area contributed by atoms with Gasteiger partial charge in [-0.3, -0.25) is 9.59 Å². The van der Waals surface area contributed by atoms with Crippen molar-refractivity contribution >= 4 is 37.7 Å². The summed E-state index contributed by atoms with van der Waals surface area (Å²) in [5, 5.41) is 11.3. The van der Waals surface area contributed by atoms with Gasteiger partial charge in [0, 0.05) is 41.0 Å². The molecule has 1 atom stereocenters. The number of aryl methyl sites for hydroxylation is 2. The van der Waals surface area contributed by atoms with Crippen molar-refractivity contribution in [3.8, 4) is 10.6 Å². The Hall–Kier alpha value is -2.36. The third-order valence-electron chi connectivity index (χ3n) is 5.23. The Morgan fingerprint density at radius 2 is 2.03 bits per heavy atom. The van der Waals surface area contributed by atoms with Gasteiger partial charge in [0.1, 0.15) is 16.4 Å². The number of hydrogen-bond donors (Lipinski definition) is 1. The molecule has 2 aromatic heterocycles. The predicted molar refractivity (Wildman–Crippen MR) is 114 cm³/mol. The molecule has 0 unspecified atom stereocenters. The first kappa shape index (κ1) is 21.4. The zero-order valence-electron chi connectivity index (χ0n) is 16.4. The van der Waals surface area contributed by atoms with E-state index in [1.807, 2.05) is 19.1 Å². The number of fused-ring (bicyclic) bond motifs is 1. The van der Waals surface area contributed by atoms with Crippen LogP contribution in [0.25, 0.3) is 21.3 Å². The van der Waals surface area contributed by atoms with Gasteiger partial charge in [-0.05, 0) is 43.9 Å². The van der Waals surface area contributed by atoms with Gasteiger partial charge in [0.2, 0.25) is 0 Å². The first-order chi connectivity index (χ1) is 13.6. The fraction of sp³-hybridized carbons (Fsp3) is 0.350. The Kier molecular flexibility index (Phi) is 5.75. The summed E-state index contributed by atoms with van der Waals surface area (Å²) in [5.41, 5.74) is 0.655. The van der Waals surface area contributed by atoms with Crippen LogP contribution in [0.15, 0.2) is 41.5 Å². The van der Waals surface area contributed by atoms with Crippen molar-refractivity contribution in [1.29, 1.82) is 0 Å². The number of pyridine rings is 1. The number of aromatic nitrogens is 2. The summed E-state index contributed by atoms with van der Waals surface area (Å²) in [5.74, 6) is -0.780. The predicted octanol–water partition coefficient (Wildman–Crippen LogP) is 2.19. The number of carbonyl (C=O) groups is 1. The molecule has 0 radical (unpaired) electrons. The van der Waals surface area contributed by atoms with Crippen LogP contribution in [0.3, 0.4) is 0 Å². The zero-order chi connectivity index (χ0) is 21.4. The van der Waals surface area contributed by atoms with E-state index in [1.165, 1.54) is 11.5 Å². The summed E-state index contributed by atoms with van der Waals surface area (Å²) in [7, 11) is -3.77. The van der Waals surface area contributed by atoms with Gasteiger partial charge in [0.15, 0.2) is 15.6 Å². The lowest BCUT2D eigenvalue weighted by atomic mass is 10.0. The summed E-state index contributed by atoms with van der Waals surface area (Å²) >= 11 is 1.57. The molecule has 0 amide bonds. The van der Waals surface area contributed by atoms with Crippen LogP contribution in [0.4, 0.5) is 0 Å². The van der Waals surface area contributed by atoms with Gasteiger partial charge in [0.25, 0.3) is 5.56 Å². The Balaban J connectivity index is 1.94. The minimum atomic E-state index is -3.77. The second kappa shape index (κ2) is 7.81. The molecule has 154 valence electrons. The average molecular weight is 435 g/mol. The molecule has 0 aliphatic carbocycles. The van der Waals surface area contributed by atoms with Crippen molar-refractivity contribution in [3.05, 3.63) is 51.9 Å². The van der Waals surface area contributed by atoms with Crippen LogP contribution in [0, 0.1) is 6.92 Å². The normalized spacial score (nSPS) is 14.1. The topological polar surface area (TPSA) is 106 Å². The molecule has 29 heavy (non-hydrogen) atoms. The van der Waals surface area contributed by atoms with Crippen molar-refractivity contribution < 1.29 is 18.3 Å². The van der Waals surface area contributed by atoms with E-state index in [0.717, 1.165) is 27.1 Å². The number of nitrogens with zero attached hydrogens (tertiary/aromatic N) is 2. The molecule has 0 saturated carbocycles. The molecule has 0 bridgehead atoms. The number of carbonyl (C=O) groups excluding carboxylic acids is 1. The van der Waals surface area contributed by atoms with Crippen molar-refractivity contribution in [1.82, 2.24) is 9.55 Å². The molecule has 3 rings (SSSR count).